The molecule has 21 heavy (non-hydrogen) atoms. The van der Waals surface area contributed by atoms with E-state index in [1.165, 1.54) is 21.7 Å². The zero-order valence-corrected chi connectivity index (χ0v) is 12.2. The van der Waals surface area contributed by atoms with Gasteiger partial charge in [0.25, 0.3) is 0 Å². The van der Waals surface area contributed by atoms with E-state index in [1.807, 2.05) is 24.3 Å². The molecule has 2 aromatic carbocycles. The maximum absolute atomic E-state index is 9.11. The van der Waals surface area contributed by atoms with Gasteiger partial charge in [-0.05, 0) is 41.8 Å². The number of allylic oxidation sites excluding steroid dienone is 2. The second-order valence-electron chi connectivity index (χ2n) is 5.26. The van der Waals surface area contributed by atoms with E-state index in [-0.39, 0.29) is 6.61 Å². The highest BCUT2D eigenvalue weighted by molar-refractivity contribution is 5.91. The Morgan fingerprint density at radius 2 is 1.81 bits per heavy atom. The van der Waals surface area contributed by atoms with E-state index in [9.17, 15) is 0 Å². The summed E-state index contributed by atoms with van der Waals surface area (Å²) in [5, 5.41) is 9.11. The lowest BCUT2D eigenvalue weighted by Gasteiger charge is -2.20. The monoisotopic (exact) mass is 278 g/mol. The minimum Gasteiger partial charge on any atom is -0.392 e. The Morgan fingerprint density at radius 3 is 2.52 bits per heavy atom. The van der Waals surface area contributed by atoms with E-state index in [0.717, 1.165) is 17.7 Å². The van der Waals surface area contributed by atoms with Gasteiger partial charge < -0.3 is 5.11 Å². The molecule has 2 nitrogen and oxygen atoms in total. The largest absolute Gasteiger partial charge is 0.392 e. The van der Waals surface area contributed by atoms with Crippen molar-refractivity contribution in [1.82, 2.24) is 0 Å². The van der Waals surface area contributed by atoms with E-state index in [4.69, 9.17) is 5.11 Å². The topological polar surface area (TPSA) is 24.7 Å². The first-order chi connectivity index (χ1) is 10.3. The van der Waals surface area contributed by atoms with Gasteiger partial charge in [-0.2, -0.15) is 0 Å². The fourth-order valence-corrected chi connectivity index (χ4v) is 2.72. The molecular weight excluding hydrogens is 258 g/mol. The number of para-hydroxylation sites is 1. The first kappa shape index (κ1) is 13.8. The van der Waals surface area contributed by atoms with Gasteiger partial charge in [0.1, 0.15) is 5.69 Å². The van der Waals surface area contributed by atoms with Crippen LogP contribution in [0, 0.1) is 0 Å². The Labute approximate surface area is 125 Å². The smallest absolute Gasteiger partial charge is 0.143 e. The molecule has 0 amide bonds. The van der Waals surface area contributed by atoms with E-state index < -0.39 is 0 Å². The molecule has 0 radical (unpaired) electrons. The standard InChI is InChI=1S/C19H19NO/c1-2-20-12-11-17(18-5-3-4-6-19(18)20)13-15-7-9-16(14-21)10-8-15/h3-13,21H,2,14H2,1H3/p+1. The normalized spacial score (nSPS) is 18.8. The summed E-state index contributed by atoms with van der Waals surface area (Å²) in [7, 11) is 0. The van der Waals surface area contributed by atoms with Gasteiger partial charge in [-0.15, -0.1) is 0 Å². The third kappa shape index (κ3) is 2.82. The minimum absolute atomic E-state index is 0.0917. The van der Waals surface area contributed by atoms with Crippen LogP contribution < -0.4 is 4.90 Å². The molecule has 0 saturated heterocycles. The predicted octanol–water partition coefficient (Wildman–Crippen LogP) is 2.78. The molecule has 0 saturated carbocycles. The van der Waals surface area contributed by atoms with Crippen molar-refractivity contribution in [3.63, 3.8) is 0 Å². The summed E-state index contributed by atoms with van der Waals surface area (Å²) in [5.41, 5.74) is 5.96. The molecule has 1 aliphatic rings. The van der Waals surface area contributed by atoms with Gasteiger partial charge >= 0.3 is 0 Å². The molecule has 0 aromatic heterocycles. The van der Waals surface area contributed by atoms with Gasteiger partial charge in [0.2, 0.25) is 0 Å². The van der Waals surface area contributed by atoms with E-state index >= 15 is 0 Å². The molecular formula is C19H20NO+. The van der Waals surface area contributed by atoms with Crippen LogP contribution in [-0.2, 0) is 6.61 Å². The number of aliphatic hydroxyl groups is 1. The molecule has 1 aliphatic heterocycles. The Hall–Kier alpha value is -2.16. The lowest BCUT2D eigenvalue weighted by Crippen LogP contribution is -3.02. The molecule has 2 N–H and O–H groups in total. The second-order valence-corrected chi connectivity index (χ2v) is 5.26. The summed E-state index contributed by atoms with van der Waals surface area (Å²) in [6.07, 6.45) is 6.61. The number of rotatable bonds is 3. The van der Waals surface area contributed by atoms with Gasteiger partial charge in [0, 0.05) is 11.6 Å². The Bertz CT molecular complexity index is 683. The highest BCUT2D eigenvalue weighted by Gasteiger charge is 2.18. The minimum atomic E-state index is 0.0917. The summed E-state index contributed by atoms with van der Waals surface area (Å²) < 4.78 is 0. The summed E-state index contributed by atoms with van der Waals surface area (Å²) in [4.78, 5) is 1.39. The van der Waals surface area contributed by atoms with Crippen molar-refractivity contribution >= 4 is 17.3 Å². The van der Waals surface area contributed by atoms with E-state index in [1.54, 1.807) is 0 Å². The summed E-state index contributed by atoms with van der Waals surface area (Å²) in [6, 6.07) is 16.6. The van der Waals surface area contributed by atoms with Crippen LogP contribution in [0.1, 0.15) is 23.6 Å². The number of aliphatic hydroxyl groups excluding tert-OH is 1. The van der Waals surface area contributed by atoms with Crippen molar-refractivity contribution in [2.75, 3.05) is 6.54 Å². The van der Waals surface area contributed by atoms with Gasteiger partial charge in [-0.3, -0.25) is 4.90 Å². The fourth-order valence-electron chi connectivity index (χ4n) is 2.72. The van der Waals surface area contributed by atoms with Crippen LogP contribution in [0.25, 0.3) is 11.6 Å². The van der Waals surface area contributed by atoms with Crippen LogP contribution in [0.4, 0.5) is 5.69 Å². The van der Waals surface area contributed by atoms with Crippen LogP contribution in [0.2, 0.25) is 0 Å². The van der Waals surface area contributed by atoms with E-state index in [2.05, 4.69) is 49.5 Å². The molecule has 3 rings (SSSR count). The van der Waals surface area contributed by atoms with Crippen molar-refractivity contribution < 1.29 is 10.0 Å². The molecule has 2 heteroatoms. The van der Waals surface area contributed by atoms with Crippen molar-refractivity contribution in [3.05, 3.63) is 77.5 Å². The summed E-state index contributed by atoms with van der Waals surface area (Å²) in [6.45, 7) is 3.33. The van der Waals surface area contributed by atoms with Gasteiger partial charge in [0.05, 0.1) is 19.4 Å². The quantitative estimate of drug-likeness (QED) is 0.886. The zero-order valence-electron chi connectivity index (χ0n) is 12.2. The fraction of sp³-hybridized carbons (Fsp3) is 0.158. The number of fused-ring (bicyclic) bond motifs is 1. The molecule has 1 atom stereocenters. The maximum Gasteiger partial charge on any atom is 0.143 e. The average Bonchev–Trinajstić information content (AvgIpc) is 2.56. The van der Waals surface area contributed by atoms with Crippen molar-refractivity contribution in [2.24, 2.45) is 0 Å². The van der Waals surface area contributed by atoms with Crippen molar-refractivity contribution in [1.29, 1.82) is 0 Å². The van der Waals surface area contributed by atoms with Crippen molar-refractivity contribution in [2.45, 2.75) is 13.5 Å². The van der Waals surface area contributed by atoms with Crippen LogP contribution in [0.5, 0.6) is 0 Å². The van der Waals surface area contributed by atoms with Crippen LogP contribution in [0.3, 0.4) is 0 Å². The Kier molecular flexibility index (Phi) is 4.00. The highest BCUT2D eigenvalue weighted by atomic mass is 16.3. The molecule has 1 heterocycles. The average molecular weight is 278 g/mol. The van der Waals surface area contributed by atoms with Crippen LogP contribution in [-0.4, -0.2) is 11.7 Å². The third-order valence-corrected chi connectivity index (χ3v) is 3.91. The van der Waals surface area contributed by atoms with Crippen LogP contribution >= 0.6 is 0 Å². The molecule has 0 spiro atoms. The number of hydrogen-bond acceptors (Lipinski definition) is 1. The van der Waals surface area contributed by atoms with Crippen molar-refractivity contribution in [3.8, 4) is 0 Å². The molecule has 2 aromatic rings. The van der Waals surface area contributed by atoms with Gasteiger partial charge in [-0.25, -0.2) is 0 Å². The Balaban J connectivity index is 2.00. The predicted molar refractivity (Wildman–Crippen MR) is 87.0 cm³/mol. The molecule has 0 aliphatic carbocycles. The first-order valence-electron chi connectivity index (χ1n) is 7.37. The summed E-state index contributed by atoms with van der Waals surface area (Å²) >= 11 is 0. The molecule has 106 valence electrons. The summed E-state index contributed by atoms with van der Waals surface area (Å²) in [5.74, 6) is 0. The SMILES string of the molecule is CC[NH+]1C=CC(=Cc2ccc(CO)cc2)c2ccccc21. The van der Waals surface area contributed by atoms with Crippen LogP contribution in [0.15, 0.2) is 60.8 Å². The lowest BCUT2D eigenvalue weighted by molar-refractivity contribution is -0.773. The maximum atomic E-state index is 9.11. The molecule has 0 bridgehead atoms. The number of quaternary nitrogens is 1. The highest BCUT2D eigenvalue weighted by Crippen LogP contribution is 2.27. The van der Waals surface area contributed by atoms with Gasteiger partial charge in [0.15, 0.2) is 0 Å². The zero-order chi connectivity index (χ0) is 14.7. The number of hydrogen-bond donors (Lipinski definition) is 2. The van der Waals surface area contributed by atoms with Gasteiger partial charge in [-0.1, -0.05) is 36.4 Å². The third-order valence-electron chi connectivity index (χ3n) is 3.91. The first-order valence-corrected chi connectivity index (χ1v) is 7.37. The second kappa shape index (κ2) is 6.08. The molecule has 1 unspecified atom stereocenters. The number of benzene rings is 2. The Morgan fingerprint density at radius 1 is 1.05 bits per heavy atom. The van der Waals surface area contributed by atoms with E-state index in [0.29, 0.717) is 0 Å². The molecule has 0 fully saturated rings. The lowest BCUT2D eigenvalue weighted by atomic mass is 9.97. The number of nitrogens with one attached hydrogen (secondary N) is 1.